The van der Waals surface area contributed by atoms with E-state index < -0.39 is 0 Å². The number of ether oxygens (including phenoxy) is 1. The first-order chi connectivity index (χ1) is 17.1. The van der Waals surface area contributed by atoms with Crippen LogP contribution >= 0.6 is 15.9 Å². The van der Waals surface area contributed by atoms with E-state index in [-0.39, 0.29) is 18.1 Å². The average Bonchev–Trinajstić information content (AvgIpc) is 3.50. The van der Waals surface area contributed by atoms with E-state index in [2.05, 4.69) is 36.2 Å². The number of imidazole rings is 2. The highest BCUT2D eigenvalue weighted by molar-refractivity contribution is 9.10. The molecular formula is C25H23BrFN7O. The van der Waals surface area contributed by atoms with Crippen LogP contribution < -0.4 is 5.32 Å². The van der Waals surface area contributed by atoms with E-state index >= 15 is 0 Å². The smallest absolute Gasteiger partial charge is 0.167 e. The zero-order valence-electron chi connectivity index (χ0n) is 19.0. The van der Waals surface area contributed by atoms with Crippen molar-refractivity contribution in [1.29, 1.82) is 0 Å². The van der Waals surface area contributed by atoms with Crippen LogP contribution in [-0.2, 0) is 4.74 Å². The molecule has 6 rings (SSSR count). The molecule has 0 saturated carbocycles. The van der Waals surface area contributed by atoms with E-state index in [0.717, 1.165) is 43.0 Å². The zero-order chi connectivity index (χ0) is 23.9. The molecule has 35 heavy (non-hydrogen) atoms. The van der Waals surface area contributed by atoms with Crippen molar-refractivity contribution >= 4 is 43.9 Å². The molecule has 0 radical (unpaired) electrons. The summed E-state index contributed by atoms with van der Waals surface area (Å²) in [4.78, 5) is 18.4. The van der Waals surface area contributed by atoms with Crippen LogP contribution in [0.2, 0.25) is 0 Å². The number of aromatic nitrogens is 6. The predicted molar refractivity (Wildman–Crippen MR) is 135 cm³/mol. The van der Waals surface area contributed by atoms with Crippen molar-refractivity contribution < 1.29 is 9.13 Å². The number of hydrogen-bond acceptors (Lipinski definition) is 6. The number of benzene rings is 2. The normalized spacial score (nSPS) is 17.2. The lowest BCUT2D eigenvalue weighted by atomic mass is 10.2. The first kappa shape index (κ1) is 22.1. The molecule has 1 saturated heterocycles. The second-order valence-corrected chi connectivity index (χ2v) is 9.40. The number of hydrogen-bond donors (Lipinski definition) is 1. The van der Waals surface area contributed by atoms with Crippen LogP contribution in [0.5, 0.6) is 0 Å². The van der Waals surface area contributed by atoms with Gasteiger partial charge < -0.3 is 10.1 Å². The van der Waals surface area contributed by atoms with Crippen molar-refractivity contribution in [3.05, 3.63) is 71.2 Å². The highest BCUT2D eigenvalue weighted by Crippen LogP contribution is 2.34. The SMILES string of the molecule is CC(Nc1ncnc2c1ncn2C1CCCCO1)c1nc2ccc(F)c(Br)c2n1-c1ccccc1. The maximum Gasteiger partial charge on any atom is 0.167 e. The fourth-order valence-electron chi connectivity index (χ4n) is 4.63. The minimum absolute atomic E-state index is 0.0663. The summed E-state index contributed by atoms with van der Waals surface area (Å²) in [5.74, 6) is 0.989. The molecule has 3 aromatic heterocycles. The average molecular weight is 536 g/mol. The van der Waals surface area contributed by atoms with Crippen molar-refractivity contribution in [2.24, 2.45) is 0 Å². The van der Waals surface area contributed by atoms with E-state index in [9.17, 15) is 4.39 Å². The number of fused-ring (bicyclic) bond motifs is 2. The van der Waals surface area contributed by atoms with Gasteiger partial charge in [-0.25, -0.2) is 24.3 Å². The van der Waals surface area contributed by atoms with Crippen LogP contribution in [0.25, 0.3) is 27.9 Å². The van der Waals surface area contributed by atoms with Gasteiger partial charge >= 0.3 is 0 Å². The highest BCUT2D eigenvalue weighted by Gasteiger charge is 2.24. The van der Waals surface area contributed by atoms with E-state index in [1.165, 1.54) is 12.4 Å². The van der Waals surface area contributed by atoms with E-state index in [1.54, 1.807) is 12.4 Å². The predicted octanol–water partition coefficient (Wildman–Crippen LogP) is 5.94. The third-order valence-corrected chi connectivity index (χ3v) is 7.07. The van der Waals surface area contributed by atoms with Crippen molar-refractivity contribution in [2.75, 3.05) is 11.9 Å². The molecular weight excluding hydrogens is 513 g/mol. The van der Waals surface area contributed by atoms with Gasteiger partial charge in [0.2, 0.25) is 0 Å². The van der Waals surface area contributed by atoms with Crippen LogP contribution in [-0.4, -0.2) is 35.7 Å². The van der Waals surface area contributed by atoms with Crippen LogP contribution in [0.4, 0.5) is 10.2 Å². The third-order valence-electron chi connectivity index (χ3n) is 6.32. The van der Waals surface area contributed by atoms with E-state index in [0.29, 0.717) is 26.8 Å². The molecule has 1 aliphatic heterocycles. The molecule has 0 amide bonds. The zero-order valence-corrected chi connectivity index (χ0v) is 20.6. The first-order valence-electron chi connectivity index (χ1n) is 11.6. The Morgan fingerprint density at radius 1 is 1.11 bits per heavy atom. The number of anilines is 1. The molecule has 1 N–H and O–H groups in total. The van der Waals surface area contributed by atoms with Crippen molar-refractivity contribution in [3.63, 3.8) is 0 Å². The molecule has 0 aliphatic carbocycles. The van der Waals surface area contributed by atoms with Gasteiger partial charge in [0.25, 0.3) is 0 Å². The standard InChI is InChI=1S/C25H23BrFN7O/c1-15(31-23-21-25(29-13-28-23)33(14-30-21)19-9-5-6-12-35-19)24-32-18-11-10-17(27)20(26)22(18)34(24)16-7-3-2-4-8-16/h2-4,7-8,10-11,13-15,19H,5-6,9,12H2,1H3,(H,28,29,31). The Kier molecular flexibility index (Phi) is 5.69. The molecule has 178 valence electrons. The molecule has 1 aliphatic rings. The van der Waals surface area contributed by atoms with Gasteiger partial charge in [0, 0.05) is 12.3 Å². The Bertz CT molecular complexity index is 1510. The van der Waals surface area contributed by atoms with Gasteiger partial charge in [0.05, 0.1) is 27.9 Å². The molecule has 2 unspecified atom stereocenters. The van der Waals surface area contributed by atoms with E-state index in [4.69, 9.17) is 9.72 Å². The molecule has 4 heterocycles. The van der Waals surface area contributed by atoms with Crippen molar-refractivity contribution in [2.45, 2.75) is 38.5 Å². The lowest BCUT2D eigenvalue weighted by Crippen LogP contribution is -2.18. The summed E-state index contributed by atoms with van der Waals surface area (Å²) in [6, 6.07) is 12.6. The topological polar surface area (TPSA) is 82.7 Å². The maximum atomic E-state index is 14.5. The van der Waals surface area contributed by atoms with Gasteiger partial charge in [-0.05, 0) is 66.4 Å². The van der Waals surface area contributed by atoms with Crippen LogP contribution in [0.15, 0.2) is 59.6 Å². The summed E-state index contributed by atoms with van der Waals surface area (Å²) < 4.78 is 24.7. The monoisotopic (exact) mass is 535 g/mol. The van der Waals surface area contributed by atoms with Crippen LogP contribution in [0, 0.1) is 5.82 Å². The largest absolute Gasteiger partial charge is 0.358 e. The number of halogens is 2. The second-order valence-electron chi connectivity index (χ2n) is 8.60. The summed E-state index contributed by atoms with van der Waals surface area (Å²) in [7, 11) is 0. The minimum atomic E-state index is -0.338. The Morgan fingerprint density at radius 3 is 2.77 bits per heavy atom. The Morgan fingerprint density at radius 2 is 1.97 bits per heavy atom. The third kappa shape index (κ3) is 3.86. The number of nitrogens with one attached hydrogen (secondary N) is 1. The lowest BCUT2D eigenvalue weighted by Gasteiger charge is -2.23. The van der Waals surface area contributed by atoms with E-state index in [1.807, 2.05) is 46.4 Å². The quantitative estimate of drug-likeness (QED) is 0.300. The van der Waals surface area contributed by atoms with Gasteiger partial charge in [-0.3, -0.25) is 9.13 Å². The summed E-state index contributed by atoms with van der Waals surface area (Å²) in [5, 5.41) is 3.46. The Hall–Kier alpha value is -3.37. The van der Waals surface area contributed by atoms with Gasteiger partial charge in [-0.1, -0.05) is 18.2 Å². The summed E-state index contributed by atoms with van der Waals surface area (Å²) in [5.41, 5.74) is 3.64. The molecule has 1 fully saturated rings. The Labute approximate surface area is 209 Å². The maximum absolute atomic E-state index is 14.5. The Balaban J connectivity index is 1.42. The number of para-hydroxylation sites is 1. The van der Waals surface area contributed by atoms with Gasteiger partial charge in [-0.2, -0.15) is 0 Å². The fourth-order valence-corrected chi connectivity index (χ4v) is 5.14. The second kappa shape index (κ2) is 9.01. The molecule has 5 aromatic rings. The van der Waals surface area contributed by atoms with Gasteiger partial charge in [0.1, 0.15) is 24.2 Å². The van der Waals surface area contributed by atoms with Crippen LogP contribution in [0.1, 0.15) is 44.3 Å². The van der Waals surface area contributed by atoms with Crippen molar-refractivity contribution in [3.8, 4) is 5.69 Å². The lowest BCUT2D eigenvalue weighted by molar-refractivity contribution is -0.0298. The highest BCUT2D eigenvalue weighted by atomic mass is 79.9. The molecule has 10 heteroatoms. The van der Waals surface area contributed by atoms with Crippen molar-refractivity contribution in [1.82, 2.24) is 29.1 Å². The van der Waals surface area contributed by atoms with Gasteiger partial charge in [0.15, 0.2) is 17.0 Å². The fraction of sp³-hybridized carbons (Fsp3) is 0.280. The number of nitrogens with zero attached hydrogens (tertiary/aromatic N) is 6. The molecule has 8 nitrogen and oxygen atoms in total. The first-order valence-corrected chi connectivity index (χ1v) is 12.4. The molecule has 2 atom stereocenters. The molecule has 2 aromatic carbocycles. The summed E-state index contributed by atoms with van der Waals surface area (Å²) >= 11 is 3.43. The summed E-state index contributed by atoms with van der Waals surface area (Å²) in [6.45, 7) is 2.74. The minimum Gasteiger partial charge on any atom is -0.358 e. The number of rotatable bonds is 5. The van der Waals surface area contributed by atoms with Crippen LogP contribution in [0.3, 0.4) is 0 Å². The van der Waals surface area contributed by atoms with Gasteiger partial charge in [-0.15, -0.1) is 0 Å². The molecule has 0 spiro atoms. The summed E-state index contributed by atoms with van der Waals surface area (Å²) in [6.07, 6.45) is 6.35. The molecule has 0 bridgehead atoms.